The zero-order valence-corrected chi connectivity index (χ0v) is 13.7. The van der Waals surface area contributed by atoms with Crippen LogP contribution in [0.2, 0.25) is 0 Å². The van der Waals surface area contributed by atoms with Crippen molar-refractivity contribution < 1.29 is 0 Å². The van der Waals surface area contributed by atoms with Gasteiger partial charge in [-0.15, -0.1) is 0 Å². The van der Waals surface area contributed by atoms with Gasteiger partial charge in [0.05, 0.1) is 0 Å². The summed E-state index contributed by atoms with van der Waals surface area (Å²) in [5, 5.41) is 0. The highest BCUT2D eigenvalue weighted by atomic mass is 14.0. The lowest BCUT2D eigenvalue weighted by atomic mass is 10.1. The van der Waals surface area contributed by atoms with Crippen LogP contribution in [0.3, 0.4) is 0 Å². The topological polar surface area (TPSA) is 0 Å². The maximum atomic E-state index is 3.27. The quantitative estimate of drug-likeness (QED) is 0.466. The first-order valence-corrected chi connectivity index (χ1v) is 7.70. The zero-order valence-electron chi connectivity index (χ0n) is 13.7. The van der Waals surface area contributed by atoms with E-state index in [4.69, 9.17) is 0 Å². The van der Waals surface area contributed by atoms with E-state index in [1.54, 1.807) is 0 Å². The maximum Gasteiger partial charge on any atom is 0.0205 e. The number of rotatable bonds is 5. The Hall–Kier alpha value is -2.00. The summed E-state index contributed by atoms with van der Waals surface area (Å²) in [6, 6.07) is 10.5. The van der Waals surface area contributed by atoms with Gasteiger partial charge in [-0.1, -0.05) is 66.8 Å². The van der Waals surface area contributed by atoms with Crippen LogP contribution in [0.5, 0.6) is 0 Å². The third-order valence-electron chi connectivity index (χ3n) is 3.34. The highest BCUT2D eigenvalue weighted by molar-refractivity contribution is 5.42. The number of aryl methyl sites for hydroxylation is 1. The second kappa shape index (κ2) is 9.83. The van der Waals surface area contributed by atoms with Crippen molar-refractivity contribution in [1.82, 2.24) is 0 Å². The fourth-order valence-corrected chi connectivity index (χ4v) is 1.99. The molecule has 0 aliphatic rings. The van der Waals surface area contributed by atoms with Gasteiger partial charge < -0.3 is 0 Å². The molecular weight excluding hydrogens is 252 g/mol. The average Bonchev–Trinajstić information content (AvgIpc) is 2.51. The molecule has 0 spiro atoms. The van der Waals surface area contributed by atoms with Crippen LogP contribution in [0.4, 0.5) is 0 Å². The van der Waals surface area contributed by atoms with Crippen molar-refractivity contribution in [2.24, 2.45) is 0 Å². The minimum atomic E-state index is 0.901. The van der Waals surface area contributed by atoms with Gasteiger partial charge in [0.25, 0.3) is 0 Å². The van der Waals surface area contributed by atoms with Crippen LogP contribution in [-0.2, 0) is 6.42 Å². The van der Waals surface area contributed by atoms with Crippen molar-refractivity contribution in [3.8, 4) is 11.8 Å². The molecular formula is C21H26. The second-order valence-corrected chi connectivity index (χ2v) is 5.26. The molecule has 0 saturated carbocycles. The van der Waals surface area contributed by atoms with Crippen LogP contribution in [0, 0.1) is 11.8 Å². The van der Waals surface area contributed by atoms with Crippen molar-refractivity contribution in [2.75, 3.05) is 0 Å². The van der Waals surface area contributed by atoms with E-state index in [-0.39, 0.29) is 0 Å². The van der Waals surface area contributed by atoms with E-state index in [2.05, 4.69) is 75.1 Å². The molecule has 0 aliphatic carbocycles. The minimum Gasteiger partial charge on any atom is -0.0976 e. The Morgan fingerprint density at radius 3 is 2.43 bits per heavy atom. The number of hydrogen-bond donors (Lipinski definition) is 0. The first kappa shape index (κ1) is 17.1. The molecule has 0 radical (unpaired) electrons. The molecule has 0 aliphatic heterocycles. The van der Waals surface area contributed by atoms with Gasteiger partial charge in [0.1, 0.15) is 0 Å². The second-order valence-electron chi connectivity index (χ2n) is 5.26. The summed E-state index contributed by atoms with van der Waals surface area (Å²) in [5.41, 5.74) is 5.11. The van der Waals surface area contributed by atoms with Crippen LogP contribution < -0.4 is 0 Å². The Morgan fingerprint density at radius 1 is 1.10 bits per heavy atom. The lowest BCUT2D eigenvalue weighted by molar-refractivity contribution is 1.03. The normalized spacial score (nSPS) is 12.9. The van der Waals surface area contributed by atoms with Crippen molar-refractivity contribution in [1.29, 1.82) is 0 Å². The Balaban J connectivity index is 2.60. The minimum absolute atomic E-state index is 0.901. The largest absolute Gasteiger partial charge is 0.0976 e. The molecule has 0 bridgehead atoms. The van der Waals surface area contributed by atoms with Crippen LogP contribution in [0.25, 0.3) is 0 Å². The van der Waals surface area contributed by atoms with Gasteiger partial charge in [0, 0.05) is 12.0 Å². The SMILES string of the molecule is C/C=C(C#CCCc1ccccc1)\C=C(\C)C=C(C)CC. The Bertz CT molecular complexity index is 571. The third-order valence-corrected chi connectivity index (χ3v) is 3.34. The predicted molar refractivity (Wildman–Crippen MR) is 94.1 cm³/mol. The smallest absolute Gasteiger partial charge is 0.0205 e. The van der Waals surface area contributed by atoms with E-state index in [1.807, 2.05) is 13.0 Å². The lowest BCUT2D eigenvalue weighted by Crippen LogP contribution is -1.82. The Morgan fingerprint density at radius 2 is 1.81 bits per heavy atom. The zero-order chi connectivity index (χ0) is 15.5. The van der Waals surface area contributed by atoms with E-state index in [0.717, 1.165) is 24.8 Å². The first-order valence-electron chi connectivity index (χ1n) is 7.70. The summed E-state index contributed by atoms with van der Waals surface area (Å²) in [4.78, 5) is 0. The van der Waals surface area contributed by atoms with Gasteiger partial charge in [-0.3, -0.25) is 0 Å². The lowest BCUT2D eigenvalue weighted by Gasteiger charge is -1.98. The molecule has 0 amide bonds. The highest BCUT2D eigenvalue weighted by Crippen LogP contribution is 2.08. The predicted octanol–water partition coefficient (Wildman–Crippen LogP) is 5.87. The number of hydrogen-bond acceptors (Lipinski definition) is 0. The molecule has 0 aromatic heterocycles. The van der Waals surface area contributed by atoms with Gasteiger partial charge in [-0.25, -0.2) is 0 Å². The monoisotopic (exact) mass is 278 g/mol. The standard InChI is InChI=1S/C21H26/c1-5-18(3)16-19(4)17-20(6-2)12-10-11-15-21-13-8-7-9-14-21/h6-9,13-14,16-17H,5,11,15H2,1-4H3/b18-16?,19-17-,20-6-. The van der Waals surface area contributed by atoms with Crippen LogP contribution >= 0.6 is 0 Å². The molecule has 1 rings (SSSR count). The van der Waals surface area contributed by atoms with Crippen molar-refractivity contribution in [2.45, 2.75) is 47.0 Å². The molecule has 0 unspecified atom stereocenters. The van der Waals surface area contributed by atoms with E-state index in [1.165, 1.54) is 16.7 Å². The molecule has 0 N–H and O–H groups in total. The molecule has 0 atom stereocenters. The average molecular weight is 278 g/mol. The van der Waals surface area contributed by atoms with E-state index in [9.17, 15) is 0 Å². The summed E-state index contributed by atoms with van der Waals surface area (Å²) in [7, 11) is 0. The Labute approximate surface area is 130 Å². The van der Waals surface area contributed by atoms with Crippen molar-refractivity contribution >= 4 is 0 Å². The molecule has 110 valence electrons. The number of benzene rings is 1. The highest BCUT2D eigenvalue weighted by Gasteiger charge is 1.91. The van der Waals surface area contributed by atoms with Gasteiger partial charge in [0.2, 0.25) is 0 Å². The van der Waals surface area contributed by atoms with Crippen LogP contribution in [0.1, 0.15) is 46.1 Å². The third kappa shape index (κ3) is 7.37. The first-order chi connectivity index (χ1) is 10.2. The van der Waals surface area contributed by atoms with Gasteiger partial charge in [-0.05, 0) is 50.8 Å². The summed E-state index contributed by atoms with van der Waals surface area (Å²) in [6.45, 7) is 8.52. The van der Waals surface area contributed by atoms with Gasteiger partial charge in [-0.2, -0.15) is 0 Å². The summed E-state index contributed by atoms with van der Waals surface area (Å²) in [5.74, 6) is 6.54. The van der Waals surface area contributed by atoms with E-state index in [0.29, 0.717) is 0 Å². The summed E-state index contributed by atoms with van der Waals surface area (Å²) >= 11 is 0. The van der Waals surface area contributed by atoms with E-state index >= 15 is 0 Å². The van der Waals surface area contributed by atoms with Crippen LogP contribution in [-0.4, -0.2) is 0 Å². The molecule has 1 aromatic carbocycles. The Kier molecular flexibility index (Phi) is 7.99. The molecule has 0 saturated heterocycles. The molecule has 21 heavy (non-hydrogen) atoms. The fourth-order valence-electron chi connectivity index (χ4n) is 1.99. The maximum absolute atomic E-state index is 3.27. The molecule has 1 aromatic rings. The van der Waals surface area contributed by atoms with Gasteiger partial charge in [0.15, 0.2) is 0 Å². The fraction of sp³-hybridized carbons (Fsp3) is 0.333. The van der Waals surface area contributed by atoms with Crippen molar-refractivity contribution in [3.63, 3.8) is 0 Å². The number of allylic oxidation sites excluding steroid dienone is 6. The summed E-state index contributed by atoms with van der Waals surface area (Å²) in [6.07, 6.45) is 9.48. The molecule has 0 fully saturated rings. The van der Waals surface area contributed by atoms with E-state index < -0.39 is 0 Å². The molecule has 0 heteroatoms. The summed E-state index contributed by atoms with van der Waals surface area (Å²) < 4.78 is 0. The van der Waals surface area contributed by atoms with Crippen molar-refractivity contribution in [3.05, 3.63) is 70.8 Å². The molecule has 0 heterocycles. The van der Waals surface area contributed by atoms with Crippen LogP contribution in [0.15, 0.2) is 65.3 Å². The molecule has 0 nitrogen and oxygen atoms in total. The van der Waals surface area contributed by atoms with Gasteiger partial charge >= 0.3 is 0 Å².